The fourth-order valence-corrected chi connectivity index (χ4v) is 3.66. The Hall–Kier alpha value is -0.0600. The summed E-state index contributed by atoms with van der Waals surface area (Å²) in [6.45, 7) is 10.5. The number of aromatic nitrogens is 2. The molecule has 3 nitrogen and oxygen atoms in total. The number of alkyl halides is 1. The SMILES string of the molecule is CCc1nn(CC)c(CNC2CC(Cl)C2(C)C)c1Br. The van der Waals surface area contributed by atoms with Crippen LogP contribution in [-0.4, -0.2) is 21.2 Å². The highest BCUT2D eigenvalue weighted by Crippen LogP contribution is 2.44. The van der Waals surface area contributed by atoms with Crippen molar-refractivity contribution in [2.75, 3.05) is 0 Å². The quantitative estimate of drug-likeness (QED) is 0.822. The van der Waals surface area contributed by atoms with Gasteiger partial charge >= 0.3 is 0 Å². The first-order chi connectivity index (χ1) is 8.91. The lowest BCUT2D eigenvalue weighted by atomic mass is 9.67. The highest BCUT2D eigenvalue weighted by molar-refractivity contribution is 9.10. The van der Waals surface area contributed by atoms with Gasteiger partial charge in [0.15, 0.2) is 0 Å². The van der Waals surface area contributed by atoms with Crippen LogP contribution in [0.3, 0.4) is 0 Å². The lowest BCUT2D eigenvalue weighted by Gasteiger charge is -2.49. The summed E-state index contributed by atoms with van der Waals surface area (Å²) in [4.78, 5) is 0. The first-order valence-electron chi connectivity index (χ1n) is 7.03. The molecule has 2 rings (SSSR count). The molecular formula is C14H23BrClN3. The van der Waals surface area contributed by atoms with Gasteiger partial charge in [0.05, 0.1) is 15.9 Å². The van der Waals surface area contributed by atoms with Gasteiger partial charge in [-0.05, 0) is 41.1 Å². The van der Waals surface area contributed by atoms with Crippen molar-refractivity contribution in [3.8, 4) is 0 Å². The number of hydrogen-bond donors (Lipinski definition) is 1. The van der Waals surface area contributed by atoms with E-state index in [0.29, 0.717) is 6.04 Å². The molecule has 0 aromatic carbocycles. The molecule has 0 amide bonds. The van der Waals surface area contributed by atoms with Crippen molar-refractivity contribution in [1.82, 2.24) is 15.1 Å². The maximum Gasteiger partial charge on any atom is 0.0767 e. The average Bonchev–Trinajstić information content (AvgIpc) is 2.70. The number of nitrogens with zero attached hydrogens (tertiary/aromatic N) is 2. The monoisotopic (exact) mass is 347 g/mol. The molecular weight excluding hydrogens is 326 g/mol. The van der Waals surface area contributed by atoms with Crippen molar-refractivity contribution < 1.29 is 0 Å². The van der Waals surface area contributed by atoms with Crippen LogP contribution in [0.1, 0.15) is 45.5 Å². The fourth-order valence-electron chi connectivity index (χ4n) is 2.62. The molecule has 1 aromatic rings. The van der Waals surface area contributed by atoms with E-state index in [2.05, 4.69) is 58.7 Å². The number of rotatable bonds is 5. The fraction of sp³-hybridized carbons (Fsp3) is 0.786. The molecule has 1 fully saturated rings. The molecule has 1 aliphatic carbocycles. The summed E-state index contributed by atoms with van der Waals surface area (Å²) in [7, 11) is 0. The van der Waals surface area contributed by atoms with Gasteiger partial charge in [-0.2, -0.15) is 5.10 Å². The zero-order valence-electron chi connectivity index (χ0n) is 12.1. The van der Waals surface area contributed by atoms with Crippen molar-refractivity contribution in [3.63, 3.8) is 0 Å². The predicted octanol–water partition coefficient (Wildman–Crippen LogP) is 3.72. The topological polar surface area (TPSA) is 29.9 Å². The van der Waals surface area contributed by atoms with E-state index in [0.717, 1.165) is 36.1 Å². The van der Waals surface area contributed by atoms with Crippen LogP contribution in [0.15, 0.2) is 4.47 Å². The second kappa shape index (κ2) is 5.74. The van der Waals surface area contributed by atoms with Crippen LogP contribution in [0, 0.1) is 5.41 Å². The second-order valence-electron chi connectivity index (χ2n) is 5.83. The Morgan fingerprint density at radius 3 is 2.63 bits per heavy atom. The molecule has 1 N–H and O–H groups in total. The molecule has 1 saturated carbocycles. The standard InChI is InChI=1S/C14H23BrClN3/c1-5-9-13(15)10(19(6-2)18-9)8-17-12-7-11(16)14(12,3)4/h11-12,17H,5-8H2,1-4H3. The molecule has 2 atom stereocenters. The van der Waals surface area contributed by atoms with Gasteiger partial charge in [0.1, 0.15) is 0 Å². The maximum absolute atomic E-state index is 6.27. The summed E-state index contributed by atoms with van der Waals surface area (Å²) in [5, 5.41) is 8.55. The Kier molecular flexibility index (Phi) is 4.63. The molecule has 0 spiro atoms. The Morgan fingerprint density at radius 1 is 1.47 bits per heavy atom. The van der Waals surface area contributed by atoms with E-state index in [9.17, 15) is 0 Å². The van der Waals surface area contributed by atoms with Gasteiger partial charge in [-0.3, -0.25) is 4.68 Å². The van der Waals surface area contributed by atoms with Crippen LogP contribution in [0.2, 0.25) is 0 Å². The van der Waals surface area contributed by atoms with E-state index in [1.54, 1.807) is 0 Å². The Bertz CT molecular complexity index is 456. The van der Waals surface area contributed by atoms with Crippen molar-refractivity contribution in [1.29, 1.82) is 0 Å². The van der Waals surface area contributed by atoms with Gasteiger partial charge in [0.25, 0.3) is 0 Å². The molecule has 0 radical (unpaired) electrons. The van der Waals surface area contributed by atoms with Gasteiger partial charge < -0.3 is 5.32 Å². The van der Waals surface area contributed by atoms with Gasteiger partial charge in [-0.25, -0.2) is 0 Å². The lowest BCUT2D eigenvalue weighted by Crippen LogP contribution is -2.57. The van der Waals surface area contributed by atoms with Crippen molar-refractivity contribution in [3.05, 3.63) is 15.9 Å². The van der Waals surface area contributed by atoms with E-state index >= 15 is 0 Å². The summed E-state index contributed by atoms with van der Waals surface area (Å²) in [5.74, 6) is 0. The molecule has 0 saturated heterocycles. The van der Waals surface area contributed by atoms with Crippen LogP contribution < -0.4 is 5.32 Å². The minimum atomic E-state index is 0.179. The maximum atomic E-state index is 6.27. The summed E-state index contributed by atoms with van der Waals surface area (Å²) >= 11 is 9.95. The molecule has 1 aromatic heterocycles. The van der Waals surface area contributed by atoms with E-state index < -0.39 is 0 Å². The highest BCUT2D eigenvalue weighted by Gasteiger charge is 2.46. The van der Waals surface area contributed by atoms with E-state index in [1.807, 2.05) is 0 Å². The summed E-state index contributed by atoms with van der Waals surface area (Å²) in [6, 6.07) is 0.493. The van der Waals surface area contributed by atoms with Gasteiger partial charge in [-0.15, -0.1) is 11.6 Å². The molecule has 19 heavy (non-hydrogen) atoms. The van der Waals surface area contributed by atoms with Gasteiger partial charge in [0.2, 0.25) is 0 Å². The third-order valence-electron chi connectivity index (χ3n) is 4.36. The van der Waals surface area contributed by atoms with Crippen molar-refractivity contribution in [2.45, 2.75) is 65.0 Å². The number of nitrogens with one attached hydrogen (secondary N) is 1. The van der Waals surface area contributed by atoms with E-state index in [1.165, 1.54) is 5.69 Å². The third-order valence-corrected chi connectivity index (χ3v) is 6.01. The van der Waals surface area contributed by atoms with Crippen LogP contribution >= 0.6 is 27.5 Å². The lowest BCUT2D eigenvalue weighted by molar-refractivity contribution is 0.115. The van der Waals surface area contributed by atoms with E-state index in [4.69, 9.17) is 11.6 Å². The van der Waals surface area contributed by atoms with Crippen LogP contribution in [-0.2, 0) is 19.5 Å². The smallest absolute Gasteiger partial charge is 0.0767 e. The largest absolute Gasteiger partial charge is 0.308 e. The number of halogens is 2. The summed E-state index contributed by atoms with van der Waals surface area (Å²) in [6.07, 6.45) is 2.01. The zero-order chi connectivity index (χ0) is 14.2. The molecule has 0 bridgehead atoms. The molecule has 1 heterocycles. The Labute approximate surface area is 129 Å². The minimum Gasteiger partial charge on any atom is -0.308 e. The van der Waals surface area contributed by atoms with Gasteiger partial charge in [-0.1, -0.05) is 20.8 Å². The first kappa shape index (κ1) is 15.3. The van der Waals surface area contributed by atoms with Crippen LogP contribution in [0.25, 0.3) is 0 Å². The summed E-state index contributed by atoms with van der Waals surface area (Å²) in [5.41, 5.74) is 2.56. The molecule has 2 unspecified atom stereocenters. The van der Waals surface area contributed by atoms with Crippen molar-refractivity contribution >= 4 is 27.5 Å². The first-order valence-corrected chi connectivity index (χ1v) is 8.26. The van der Waals surface area contributed by atoms with Crippen molar-refractivity contribution in [2.24, 2.45) is 5.41 Å². The number of hydrogen-bond acceptors (Lipinski definition) is 2. The Morgan fingerprint density at radius 2 is 2.16 bits per heavy atom. The average molecular weight is 349 g/mol. The molecule has 108 valence electrons. The van der Waals surface area contributed by atoms with Crippen LogP contribution in [0.4, 0.5) is 0 Å². The van der Waals surface area contributed by atoms with Crippen LogP contribution in [0.5, 0.6) is 0 Å². The molecule has 0 aliphatic heterocycles. The molecule has 5 heteroatoms. The predicted molar refractivity (Wildman–Crippen MR) is 83.6 cm³/mol. The normalized spacial score (nSPS) is 25.4. The number of aryl methyl sites for hydroxylation is 2. The zero-order valence-corrected chi connectivity index (χ0v) is 14.5. The minimum absolute atomic E-state index is 0.179. The summed E-state index contributed by atoms with van der Waals surface area (Å²) < 4.78 is 3.24. The second-order valence-corrected chi connectivity index (χ2v) is 7.15. The van der Waals surface area contributed by atoms with E-state index in [-0.39, 0.29) is 10.8 Å². The van der Waals surface area contributed by atoms with Gasteiger partial charge in [0, 0.05) is 24.5 Å². The third kappa shape index (κ3) is 2.72. The Balaban J connectivity index is 2.06. The highest BCUT2D eigenvalue weighted by atomic mass is 79.9. The molecule has 1 aliphatic rings.